The van der Waals surface area contributed by atoms with E-state index in [4.69, 9.17) is 14.6 Å². The first kappa shape index (κ1) is 20.1. The van der Waals surface area contributed by atoms with Crippen LogP contribution in [-0.4, -0.2) is 44.5 Å². The summed E-state index contributed by atoms with van der Waals surface area (Å²) in [6.07, 6.45) is 1.63. The third kappa shape index (κ3) is 4.92. The number of carbonyl (C=O) groups excluding carboxylic acids is 3. The molecule has 10 nitrogen and oxygen atoms in total. The summed E-state index contributed by atoms with van der Waals surface area (Å²) in [6.45, 7) is -0.752. The van der Waals surface area contributed by atoms with Crippen LogP contribution in [0.1, 0.15) is 20.8 Å². The maximum Gasteiger partial charge on any atom is 0.342 e. The Morgan fingerprint density at radius 2 is 1.93 bits per heavy atom. The van der Waals surface area contributed by atoms with Crippen molar-refractivity contribution in [1.29, 1.82) is 0 Å². The largest absolute Gasteiger partial charge is 0.496 e. The molecule has 144 valence electrons. The quantitative estimate of drug-likeness (QED) is 0.644. The second-order valence-electron chi connectivity index (χ2n) is 5.36. The van der Waals surface area contributed by atoms with Gasteiger partial charge in [-0.15, -0.1) is 0 Å². The number of primary sulfonamides is 1. The number of ether oxygens (including phenoxy) is 2. The number of carbonyl (C=O) groups is 3. The molecule has 2 aromatic rings. The molecule has 0 unspecified atom stereocenters. The van der Waals surface area contributed by atoms with Crippen LogP contribution in [0.3, 0.4) is 0 Å². The predicted octanol–water partition coefficient (Wildman–Crippen LogP) is -0.205. The summed E-state index contributed by atoms with van der Waals surface area (Å²) in [7, 11) is -1.15. The molecule has 0 radical (unpaired) electrons. The van der Waals surface area contributed by atoms with E-state index in [1.165, 1.54) is 23.8 Å². The highest BCUT2D eigenvalue weighted by Gasteiger charge is 2.20. The molecule has 0 aliphatic rings. The van der Waals surface area contributed by atoms with E-state index in [1.807, 2.05) is 0 Å². The minimum Gasteiger partial charge on any atom is -0.496 e. The first-order valence-electron chi connectivity index (χ1n) is 7.47. The van der Waals surface area contributed by atoms with Gasteiger partial charge in [0.2, 0.25) is 10.0 Å². The molecular formula is C16H17N3O7S. The monoisotopic (exact) mass is 395 g/mol. The third-order valence-electron chi connectivity index (χ3n) is 3.48. The van der Waals surface area contributed by atoms with E-state index >= 15 is 0 Å². The number of nitrogens with zero attached hydrogens (tertiary/aromatic N) is 1. The Kier molecular flexibility index (Phi) is 5.98. The Morgan fingerprint density at radius 3 is 2.48 bits per heavy atom. The average molecular weight is 395 g/mol. The second kappa shape index (κ2) is 8.01. The van der Waals surface area contributed by atoms with Crippen molar-refractivity contribution in [3.8, 4) is 5.75 Å². The van der Waals surface area contributed by atoms with Gasteiger partial charge in [-0.25, -0.2) is 18.4 Å². The summed E-state index contributed by atoms with van der Waals surface area (Å²) in [6, 6.07) is 6.51. The maximum absolute atomic E-state index is 12.2. The van der Waals surface area contributed by atoms with Crippen LogP contribution in [0.4, 0.5) is 0 Å². The lowest BCUT2D eigenvalue weighted by atomic mass is 10.2. The van der Waals surface area contributed by atoms with Crippen molar-refractivity contribution < 1.29 is 32.3 Å². The van der Waals surface area contributed by atoms with Gasteiger partial charge < -0.3 is 14.0 Å². The molecule has 0 aliphatic carbocycles. The number of aromatic nitrogens is 1. The van der Waals surface area contributed by atoms with E-state index in [0.29, 0.717) is 0 Å². The number of methoxy groups -OCH3 is 1. The Morgan fingerprint density at radius 1 is 1.22 bits per heavy atom. The van der Waals surface area contributed by atoms with Crippen molar-refractivity contribution in [2.45, 2.75) is 4.90 Å². The van der Waals surface area contributed by atoms with Crippen LogP contribution < -0.4 is 15.2 Å². The molecule has 27 heavy (non-hydrogen) atoms. The molecule has 3 N–H and O–H groups in total. The average Bonchev–Trinajstić information content (AvgIpc) is 3.04. The number of nitrogens with two attached hydrogens (primary N) is 1. The zero-order valence-electron chi connectivity index (χ0n) is 14.5. The van der Waals surface area contributed by atoms with Gasteiger partial charge in [0.15, 0.2) is 6.61 Å². The van der Waals surface area contributed by atoms with Gasteiger partial charge in [0.1, 0.15) is 17.0 Å². The van der Waals surface area contributed by atoms with Crippen molar-refractivity contribution in [1.82, 2.24) is 9.88 Å². The van der Waals surface area contributed by atoms with Crippen LogP contribution in [0.2, 0.25) is 0 Å². The lowest BCUT2D eigenvalue weighted by Gasteiger charge is -2.10. The number of esters is 1. The molecule has 0 aliphatic heterocycles. The van der Waals surface area contributed by atoms with Gasteiger partial charge in [0.05, 0.1) is 12.0 Å². The fraction of sp³-hybridized carbons (Fsp3) is 0.188. The van der Waals surface area contributed by atoms with Crippen LogP contribution in [-0.2, 0) is 26.6 Å². The minimum atomic E-state index is -4.05. The highest BCUT2D eigenvalue weighted by molar-refractivity contribution is 7.89. The number of aryl methyl sites for hydroxylation is 1. The first-order chi connectivity index (χ1) is 12.6. The molecule has 1 aromatic heterocycles. The standard InChI is InChI=1S/C16H17N3O7S/c1-19-7-3-4-12(19)15(21)18-14(20)9-26-16(22)11-8-10(27(17,23)24)5-6-13(11)25-2/h3-8H,9H2,1-2H3,(H2,17,23,24)(H,18,20,21). The summed E-state index contributed by atoms with van der Waals surface area (Å²) in [5, 5.41) is 7.10. The lowest BCUT2D eigenvalue weighted by molar-refractivity contribution is -0.123. The second-order valence-corrected chi connectivity index (χ2v) is 6.93. The molecule has 0 bridgehead atoms. The highest BCUT2D eigenvalue weighted by Crippen LogP contribution is 2.22. The highest BCUT2D eigenvalue weighted by atomic mass is 32.2. The molecule has 0 spiro atoms. The predicted molar refractivity (Wildman–Crippen MR) is 92.5 cm³/mol. The van der Waals surface area contributed by atoms with Crippen LogP contribution in [0.5, 0.6) is 5.75 Å². The zero-order valence-corrected chi connectivity index (χ0v) is 15.3. The molecule has 0 atom stereocenters. The smallest absolute Gasteiger partial charge is 0.342 e. The molecule has 1 heterocycles. The van der Waals surface area contributed by atoms with Crippen molar-refractivity contribution >= 4 is 27.8 Å². The number of nitrogens with one attached hydrogen (secondary N) is 1. The molecule has 1 aromatic carbocycles. The van der Waals surface area contributed by atoms with Gasteiger partial charge in [0, 0.05) is 13.2 Å². The van der Waals surface area contributed by atoms with Crippen molar-refractivity contribution in [2.24, 2.45) is 12.2 Å². The fourth-order valence-electron chi connectivity index (χ4n) is 2.16. The topological polar surface area (TPSA) is 147 Å². The van der Waals surface area contributed by atoms with Crippen LogP contribution in [0.15, 0.2) is 41.4 Å². The Hall–Kier alpha value is -3.18. The molecule has 0 fully saturated rings. The SMILES string of the molecule is COc1ccc(S(N)(=O)=O)cc1C(=O)OCC(=O)NC(=O)c1cccn1C. The Labute approximate surface area is 154 Å². The summed E-state index contributed by atoms with van der Waals surface area (Å²) < 4.78 is 34.1. The number of amides is 2. The Balaban J connectivity index is 2.06. The number of hydrogen-bond acceptors (Lipinski definition) is 7. The van der Waals surface area contributed by atoms with E-state index in [1.54, 1.807) is 19.3 Å². The van der Waals surface area contributed by atoms with Crippen LogP contribution >= 0.6 is 0 Å². The molecular weight excluding hydrogens is 378 g/mol. The number of hydrogen-bond donors (Lipinski definition) is 2. The van der Waals surface area contributed by atoms with Crippen LogP contribution in [0.25, 0.3) is 0 Å². The molecule has 0 saturated heterocycles. The van der Waals surface area contributed by atoms with Gasteiger partial charge >= 0.3 is 5.97 Å². The van der Waals surface area contributed by atoms with E-state index in [0.717, 1.165) is 12.1 Å². The summed E-state index contributed by atoms with van der Waals surface area (Å²) in [4.78, 5) is 35.6. The van der Waals surface area contributed by atoms with Gasteiger partial charge in [-0.2, -0.15) is 0 Å². The van der Waals surface area contributed by atoms with Gasteiger partial charge in [-0.05, 0) is 30.3 Å². The van der Waals surface area contributed by atoms with E-state index < -0.39 is 34.4 Å². The maximum atomic E-state index is 12.2. The lowest BCUT2D eigenvalue weighted by Crippen LogP contribution is -2.35. The molecule has 2 rings (SSSR count). The van der Waals surface area contributed by atoms with Gasteiger partial charge in [0.25, 0.3) is 11.8 Å². The van der Waals surface area contributed by atoms with E-state index in [-0.39, 0.29) is 21.9 Å². The fourth-order valence-corrected chi connectivity index (χ4v) is 2.70. The summed E-state index contributed by atoms with van der Waals surface area (Å²) in [5.74, 6) is -2.49. The van der Waals surface area contributed by atoms with E-state index in [9.17, 15) is 22.8 Å². The van der Waals surface area contributed by atoms with Crippen molar-refractivity contribution in [3.63, 3.8) is 0 Å². The number of benzene rings is 1. The number of rotatable bonds is 6. The summed E-state index contributed by atoms with van der Waals surface area (Å²) in [5.41, 5.74) is 0.0165. The summed E-state index contributed by atoms with van der Waals surface area (Å²) >= 11 is 0. The molecule has 11 heteroatoms. The molecule has 2 amide bonds. The molecule has 0 saturated carbocycles. The number of sulfonamides is 1. The van der Waals surface area contributed by atoms with Gasteiger partial charge in [-0.1, -0.05) is 0 Å². The van der Waals surface area contributed by atoms with Crippen molar-refractivity contribution in [2.75, 3.05) is 13.7 Å². The van der Waals surface area contributed by atoms with Gasteiger partial charge in [-0.3, -0.25) is 14.9 Å². The van der Waals surface area contributed by atoms with E-state index in [2.05, 4.69) is 5.32 Å². The number of imide groups is 1. The first-order valence-corrected chi connectivity index (χ1v) is 9.01. The van der Waals surface area contributed by atoms with Crippen molar-refractivity contribution in [3.05, 3.63) is 47.8 Å². The van der Waals surface area contributed by atoms with Crippen LogP contribution in [0, 0.1) is 0 Å². The normalized spacial score (nSPS) is 10.9. The minimum absolute atomic E-state index is 0.0349. The Bertz CT molecular complexity index is 995. The zero-order chi connectivity index (χ0) is 20.2. The third-order valence-corrected chi connectivity index (χ3v) is 4.39.